The predicted octanol–water partition coefficient (Wildman–Crippen LogP) is 5.04. The number of halogens is 1. The third-order valence-corrected chi connectivity index (χ3v) is 6.14. The van der Waals surface area contributed by atoms with Gasteiger partial charge in [0, 0.05) is 12.5 Å². The van der Waals surface area contributed by atoms with Gasteiger partial charge in [0.15, 0.2) is 0 Å². The number of ether oxygens (including phenoxy) is 3. The Morgan fingerprint density at radius 3 is 2.50 bits per heavy atom. The van der Waals surface area contributed by atoms with E-state index in [0.717, 1.165) is 10.5 Å². The first-order valence-electron chi connectivity index (χ1n) is 11.7. The van der Waals surface area contributed by atoms with Crippen LogP contribution in [0.2, 0.25) is 0 Å². The van der Waals surface area contributed by atoms with E-state index >= 15 is 0 Å². The highest BCUT2D eigenvalue weighted by Gasteiger charge is 2.43. The van der Waals surface area contributed by atoms with Gasteiger partial charge in [0.1, 0.15) is 24.2 Å². The van der Waals surface area contributed by atoms with Crippen LogP contribution in [0, 0.1) is 17.2 Å². The molecule has 0 bridgehead atoms. The summed E-state index contributed by atoms with van der Waals surface area (Å²) in [6.07, 6.45) is 0.682. The molecule has 1 aliphatic heterocycles. The molecule has 1 N–H and O–H groups in total. The molecule has 0 saturated carbocycles. The number of carbonyl (C=O) groups excluding carboxylic acids is 1. The van der Waals surface area contributed by atoms with Gasteiger partial charge in [0.2, 0.25) is 0 Å². The average molecular weight is 480 g/mol. The lowest BCUT2D eigenvalue weighted by Crippen LogP contribution is -2.56. The van der Waals surface area contributed by atoms with Crippen molar-refractivity contribution in [2.45, 2.75) is 77.9 Å². The molecule has 190 valence electrons. The van der Waals surface area contributed by atoms with Crippen LogP contribution in [0.25, 0.3) is 0 Å². The quantitative estimate of drug-likeness (QED) is 0.319. The van der Waals surface area contributed by atoms with Crippen molar-refractivity contribution in [1.82, 2.24) is 4.90 Å². The van der Waals surface area contributed by atoms with Crippen molar-refractivity contribution < 1.29 is 33.3 Å². The van der Waals surface area contributed by atoms with Crippen LogP contribution >= 0.6 is 0 Å². The molecule has 1 aromatic rings. The molecule has 1 aromatic carbocycles. The summed E-state index contributed by atoms with van der Waals surface area (Å²) in [5, 5.41) is 10.0. The van der Waals surface area contributed by atoms with E-state index in [-0.39, 0.29) is 18.3 Å². The van der Waals surface area contributed by atoms with Crippen molar-refractivity contribution in [2.24, 2.45) is 11.3 Å². The molecular formula is C26H38FNO6. The zero-order valence-corrected chi connectivity index (χ0v) is 20.8. The molecule has 0 aromatic heterocycles. The van der Waals surface area contributed by atoms with Gasteiger partial charge in [-0.3, -0.25) is 4.90 Å². The van der Waals surface area contributed by atoms with E-state index in [9.17, 15) is 19.1 Å². The molecule has 1 fully saturated rings. The number of rotatable bonds is 8. The first-order chi connectivity index (χ1) is 16.0. The normalized spacial score (nSPS) is 24.8. The summed E-state index contributed by atoms with van der Waals surface area (Å²) >= 11 is 0. The van der Waals surface area contributed by atoms with Crippen LogP contribution in [0.3, 0.4) is 0 Å². The van der Waals surface area contributed by atoms with E-state index in [4.69, 9.17) is 14.2 Å². The van der Waals surface area contributed by atoms with E-state index in [1.54, 1.807) is 25.1 Å². The summed E-state index contributed by atoms with van der Waals surface area (Å²) < 4.78 is 30.8. The van der Waals surface area contributed by atoms with E-state index in [1.165, 1.54) is 19.2 Å². The number of amides is 1. The second-order valence-electron chi connectivity index (χ2n) is 9.91. The summed E-state index contributed by atoms with van der Waals surface area (Å²) in [5.41, 5.74) is 0.394. The molecule has 5 atom stereocenters. The molecule has 34 heavy (non-hydrogen) atoms. The van der Waals surface area contributed by atoms with E-state index < -0.39 is 42.0 Å². The van der Waals surface area contributed by atoms with Crippen LogP contribution in [-0.2, 0) is 25.4 Å². The van der Waals surface area contributed by atoms with Crippen molar-refractivity contribution in [3.63, 3.8) is 0 Å². The molecule has 8 heteroatoms. The van der Waals surface area contributed by atoms with Crippen molar-refractivity contribution in [2.75, 3.05) is 13.7 Å². The lowest BCUT2D eigenvalue weighted by atomic mass is 9.86. The largest absolute Gasteiger partial charge is 0.465 e. The summed E-state index contributed by atoms with van der Waals surface area (Å²) in [4.78, 5) is 26.6. The van der Waals surface area contributed by atoms with Gasteiger partial charge in [0.25, 0.3) is 0 Å². The van der Waals surface area contributed by atoms with Crippen molar-refractivity contribution >= 4 is 12.1 Å². The van der Waals surface area contributed by atoms with E-state index in [1.807, 2.05) is 20.8 Å². The maximum atomic E-state index is 13.4. The Labute approximate surface area is 201 Å². The van der Waals surface area contributed by atoms with Gasteiger partial charge in [-0.05, 0) is 49.8 Å². The van der Waals surface area contributed by atoms with E-state index in [2.05, 4.69) is 6.58 Å². The number of carbonyl (C=O) groups is 2. The number of cyclic esters (lactones) is 1. The number of hydrogen-bond donors (Lipinski definition) is 1. The molecule has 0 radical (unpaired) electrons. The van der Waals surface area contributed by atoms with Crippen LogP contribution in [0.5, 0.6) is 0 Å². The lowest BCUT2D eigenvalue weighted by Gasteiger charge is -2.40. The molecule has 2 rings (SSSR count). The second kappa shape index (κ2) is 12.3. The standard InChI is InChI=1S/C26H38FNO6/c1-7-15-33-22-17(2)34-23(29)21(28(25(30)31)24(32-6)26(3,4)5)10-8-9-19(22)16-18-11-13-20(27)14-12-18/h7,11-14,17,19,21-22,24H,1,8-10,15-16H2,2-6H3,(H,30,31)/t17-,19+,21-,22-,24?/m0/s1. The number of methoxy groups -OCH3 is 1. The number of carboxylic acid groups (broad SMARTS) is 1. The zero-order chi connectivity index (χ0) is 25.5. The van der Waals surface area contributed by atoms with Crippen LogP contribution < -0.4 is 0 Å². The highest BCUT2D eigenvalue weighted by molar-refractivity contribution is 5.81. The average Bonchev–Trinajstić information content (AvgIpc) is 2.80. The molecule has 0 spiro atoms. The van der Waals surface area contributed by atoms with Gasteiger partial charge in [-0.25, -0.2) is 14.0 Å². The lowest BCUT2D eigenvalue weighted by molar-refractivity contribution is -0.171. The summed E-state index contributed by atoms with van der Waals surface area (Å²) in [6.45, 7) is 11.3. The molecule has 1 saturated heterocycles. The molecule has 1 unspecified atom stereocenters. The Morgan fingerprint density at radius 2 is 1.97 bits per heavy atom. The Hall–Kier alpha value is -2.45. The Balaban J connectivity index is 2.35. The van der Waals surface area contributed by atoms with Gasteiger partial charge < -0.3 is 19.3 Å². The number of nitrogens with zero attached hydrogens (tertiary/aromatic N) is 1. The molecule has 1 aliphatic rings. The number of esters is 1. The first-order valence-corrected chi connectivity index (χ1v) is 11.7. The second-order valence-corrected chi connectivity index (χ2v) is 9.91. The molecule has 1 amide bonds. The van der Waals surface area contributed by atoms with Crippen LogP contribution in [0.15, 0.2) is 36.9 Å². The molecule has 7 nitrogen and oxygen atoms in total. The maximum absolute atomic E-state index is 13.4. The van der Waals surface area contributed by atoms with Crippen molar-refractivity contribution in [3.8, 4) is 0 Å². The third-order valence-electron chi connectivity index (χ3n) is 6.14. The minimum absolute atomic E-state index is 0.0222. The van der Waals surface area contributed by atoms with Crippen LogP contribution in [0.4, 0.5) is 9.18 Å². The minimum Gasteiger partial charge on any atom is -0.465 e. The van der Waals surface area contributed by atoms with Gasteiger partial charge in [-0.15, -0.1) is 6.58 Å². The summed E-state index contributed by atoms with van der Waals surface area (Å²) in [6, 6.07) is 5.32. The summed E-state index contributed by atoms with van der Waals surface area (Å²) in [7, 11) is 1.44. The highest BCUT2D eigenvalue weighted by Crippen LogP contribution is 2.32. The monoisotopic (exact) mass is 479 g/mol. The zero-order valence-electron chi connectivity index (χ0n) is 20.8. The van der Waals surface area contributed by atoms with Gasteiger partial charge in [-0.2, -0.15) is 0 Å². The minimum atomic E-state index is -1.24. The van der Waals surface area contributed by atoms with Crippen molar-refractivity contribution in [3.05, 3.63) is 48.3 Å². The topological polar surface area (TPSA) is 85.3 Å². The fourth-order valence-electron chi connectivity index (χ4n) is 4.69. The first kappa shape index (κ1) is 27.8. The third kappa shape index (κ3) is 7.27. The Bertz CT molecular complexity index is 822. The Kier molecular flexibility index (Phi) is 10.1. The van der Waals surface area contributed by atoms with Gasteiger partial charge in [0.05, 0.1) is 12.7 Å². The van der Waals surface area contributed by atoms with Crippen LogP contribution in [-0.4, -0.2) is 60.3 Å². The van der Waals surface area contributed by atoms with Crippen molar-refractivity contribution in [1.29, 1.82) is 0 Å². The SMILES string of the molecule is C=CCO[C@@H]1[C@@H](Cc2ccc(F)cc2)CCC[C@H](N(C(=O)O)C(OC)C(C)(C)C)C(=O)O[C@H]1C. The number of hydrogen-bond acceptors (Lipinski definition) is 5. The summed E-state index contributed by atoms with van der Waals surface area (Å²) in [5.74, 6) is -0.940. The highest BCUT2D eigenvalue weighted by atomic mass is 19.1. The predicted molar refractivity (Wildman–Crippen MR) is 127 cm³/mol. The smallest absolute Gasteiger partial charge is 0.410 e. The Morgan fingerprint density at radius 1 is 1.32 bits per heavy atom. The van der Waals surface area contributed by atoms with Gasteiger partial charge in [-0.1, -0.05) is 45.4 Å². The molecular weight excluding hydrogens is 441 g/mol. The fourth-order valence-corrected chi connectivity index (χ4v) is 4.69. The van der Waals surface area contributed by atoms with Gasteiger partial charge >= 0.3 is 12.1 Å². The molecule has 1 heterocycles. The maximum Gasteiger partial charge on any atom is 0.410 e. The number of benzene rings is 1. The van der Waals surface area contributed by atoms with E-state index in [0.29, 0.717) is 25.7 Å². The molecule has 0 aliphatic carbocycles. The fraction of sp³-hybridized carbons (Fsp3) is 0.615. The van der Waals surface area contributed by atoms with Crippen LogP contribution in [0.1, 0.15) is 52.5 Å².